The number of carbonyl (C=O) groups excluding carboxylic acids is 1. The van der Waals surface area contributed by atoms with Gasteiger partial charge >= 0.3 is 0 Å². The average molecular weight is 528 g/mol. The lowest BCUT2D eigenvalue weighted by Gasteiger charge is -2.57. The summed E-state index contributed by atoms with van der Waals surface area (Å²) >= 11 is 5.39. The molecule has 2 aliphatic heterocycles. The number of para-hydroxylation sites is 2. The highest BCUT2D eigenvalue weighted by molar-refractivity contribution is 9.10. The molecule has 0 spiro atoms. The zero-order valence-electron chi connectivity index (χ0n) is 18.3. The third kappa shape index (κ3) is 3.46. The first-order valence-electron chi connectivity index (χ1n) is 11.3. The second kappa shape index (κ2) is 8.64. The summed E-state index contributed by atoms with van der Waals surface area (Å²) in [7, 11) is 0. The van der Waals surface area contributed by atoms with Gasteiger partial charge in [0.05, 0.1) is 5.69 Å². The van der Waals surface area contributed by atoms with E-state index in [9.17, 15) is 4.79 Å². The van der Waals surface area contributed by atoms with Gasteiger partial charge in [-0.3, -0.25) is 9.69 Å². The summed E-state index contributed by atoms with van der Waals surface area (Å²) in [5.41, 5.74) is 2.66. The van der Waals surface area contributed by atoms with Gasteiger partial charge in [-0.05, 0) is 53.9 Å². The predicted octanol–water partition coefficient (Wildman–Crippen LogP) is 7.38. The molecule has 3 unspecified atom stereocenters. The van der Waals surface area contributed by atoms with Crippen LogP contribution in [0, 0.1) is 0 Å². The Morgan fingerprint density at radius 1 is 0.824 bits per heavy atom. The number of β-lactam (4-membered cyclic amide) rings is 1. The van der Waals surface area contributed by atoms with Gasteiger partial charge < -0.3 is 4.74 Å². The van der Waals surface area contributed by atoms with E-state index in [2.05, 4.69) is 64.5 Å². The third-order valence-electron chi connectivity index (χ3n) is 6.66. The third-order valence-corrected chi connectivity index (χ3v) is 8.51. The maximum absolute atomic E-state index is 13.8. The van der Waals surface area contributed by atoms with E-state index in [1.807, 2.05) is 77.3 Å². The van der Waals surface area contributed by atoms with Crippen molar-refractivity contribution in [1.82, 2.24) is 0 Å². The fourth-order valence-corrected chi connectivity index (χ4v) is 6.73. The Labute approximate surface area is 211 Å². The number of halogens is 1. The minimum absolute atomic E-state index is 0.00258. The van der Waals surface area contributed by atoms with Crippen LogP contribution in [-0.4, -0.2) is 12.0 Å². The summed E-state index contributed by atoms with van der Waals surface area (Å²) < 4.78 is 7.51. The number of amides is 1. The molecule has 1 fully saturated rings. The molecule has 0 bridgehead atoms. The van der Waals surface area contributed by atoms with Gasteiger partial charge in [-0.25, -0.2) is 0 Å². The first-order valence-corrected chi connectivity index (χ1v) is 13.0. The van der Waals surface area contributed by atoms with Crippen LogP contribution in [0.4, 0.5) is 5.69 Å². The highest BCUT2D eigenvalue weighted by atomic mass is 79.9. The molecule has 0 aliphatic carbocycles. The van der Waals surface area contributed by atoms with Crippen LogP contribution in [0.15, 0.2) is 119 Å². The molecule has 0 saturated carbocycles. The van der Waals surface area contributed by atoms with Crippen molar-refractivity contribution < 1.29 is 9.53 Å². The fourth-order valence-electron chi connectivity index (χ4n) is 5.09. The Morgan fingerprint density at radius 3 is 2.21 bits per heavy atom. The standard InChI is InChI=1S/C29H22BrNO2S/c30-22-17-15-20(16-18-22)26-19-29(21-9-3-1-4-10-21)27(33-23-11-5-2-6-12-23)28(32)31(29)24-13-7-8-14-25(24)34-26/h1-18,26-27H,19H2. The van der Waals surface area contributed by atoms with Gasteiger partial charge in [-0.1, -0.05) is 88.7 Å². The number of hydrogen-bond donors (Lipinski definition) is 0. The Hall–Kier alpha value is -3.02. The van der Waals surface area contributed by atoms with Gasteiger partial charge in [0, 0.05) is 14.6 Å². The topological polar surface area (TPSA) is 29.5 Å². The van der Waals surface area contributed by atoms with Crippen molar-refractivity contribution in [3.63, 3.8) is 0 Å². The molecule has 2 heterocycles. The average Bonchev–Trinajstić information content (AvgIpc) is 3.02. The van der Waals surface area contributed by atoms with Gasteiger partial charge in [0.1, 0.15) is 11.3 Å². The molecule has 168 valence electrons. The molecule has 3 atom stereocenters. The minimum atomic E-state index is -0.620. The van der Waals surface area contributed by atoms with Crippen LogP contribution < -0.4 is 9.64 Å². The van der Waals surface area contributed by atoms with Crippen LogP contribution in [0.1, 0.15) is 22.8 Å². The van der Waals surface area contributed by atoms with E-state index in [0.29, 0.717) is 5.75 Å². The van der Waals surface area contributed by atoms with Crippen LogP contribution in [0.5, 0.6) is 5.75 Å². The fraction of sp³-hybridized carbons (Fsp3) is 0.138. The largest absolute Gasteiger partial charge is 0.478 e. The predicted molar refractivity (Wildman–Crippen MR) is 140 cm³/mol. The normalized spacial score (nSPS) is 23.3. The van der Waals surface area contributed by atoms with Crippen LogP contribution in [0.3, 0.4) is 0 Å². The molecule has 4 aromatic rings. The minimum Gasteiger partial charge on any atom is -0.478 e. The van der Waals surface area contributed by atoms with E-state index in [1.165, 1.54) is 5.56 Å². The SMILES string of the molecule is O=C1C(Oc2ccccc2)C2(c3ccccc3)CC(c3ccc(Br)cc3)Sc3ccccc3N12. The zero-order chi connectivity index (χ0) is 23.1. The molecule has 1 amide bonds. The molecule has 4 aromatic carbocycles. The van der Waals surface area contributed by atoms with E-state index in [-0.39, 0.29) is 11.2 Å². The molecule has 0 radical (unpaired) electrons. The van der Waals surface area contributed by atoms with Gasteiger partial charge in [0.25, 0.3) is 5.91 Å². The number of rotatable bonds is 4. The summed E-state index contributed by atoms with van der Waals surface area (Å²) in [4.78, 5) is 16.9. The van der Waals surface area contributed by atoms with Crippen LogP contribution in [0.25, 0.3) is 0 Å². The molecule has 0 aromatic heterocycles. The molecule has 0 N–H and O–H groups in total. The van der Waals surface area contributed by atoms with Crippen molar-refractivity contribution in [3.05, 3.63) is 125 Å². The lowest BCUT2D eigenvalue weighted by atomic mass is 9.70. The van der Waals surface area contributed by atoms with E-state index in [4.69, 9.17) is 4.74 Å². The summed E-state index contributed by atoms with van der Waals surface area (Å²) in [5, 5.41) is 0.148. The van der Waals surface area contributed by atoms with Gasteiger partial charge in [-0.15, -0.1) is 11.8 Å². The number of carbonyl (C=O) groups is 1. The Morgan fingerprint density at radius 2 is 1.47 bits per heavy atom. The van der Waals surface area contributed by atoms with Crippen molar-refractivity contribution in [2.45, 2.75) is 28.2 Å². The van der Waals surface area contributed by atoms with E-state index >= 15 is 0 Å². The van der Waals surface area contributed by atoms with Gasteiger partial charge in [0.15, 0.2) is 0 Å². The van der Waals surface area contributed by atoms with Crippen molar-refractivity contribution in [2.24, 2.45) is 0 Å². The molecule has 1 saturated heterocycles. The Balaban J connectivity index is 1.54. The molecule has 5 heteroatoms. The first-order chi connectivity index (χ1) is 16.7. The Bertz CT molecular complexity index is 1330. The van der Waals surface area contributed by atoms with Crippen LogP contribution in [-0.2, 0) is 10.3 Å². The molecule has 34 heavy (non-hydrogen) atoms. The lowest BCUT2D eigenvalue weighted by Crippen LogP contribution is -2.74. The monoisotopic (exact) mass is 527 g/mol. The lowest BCUT2D eigenvalue weighted by molar-refractivity contribution is -0.142. The number of ether oxygens (including phenoxy) is 1. The number of hydrogen-bond acceptors (Lipinski definition) is 3. The van der Waals surface area contributed by atoms with E-state index in [1.54, 1.807) is 0 Å². The maximum atomic E-state index is 13.8. The van der Waals surface area contributed by atoms with Crippen LogP contribution >= 0.6 is 27.7 Å². The van der Waals surface area contributed by atoms with Gasteiger partial charge in [-0.2, -0.15) is 0 Å². The summed E-state index contributed by atoms with van der Waals surface area (Å²) in [6.45, 7) is 0. The van der Waals surface area contributed by atoms with Crippen molar-refractivity contribution >= 4 is 39.3 Å². The molecular weight excluding hydrogens is 506 g/mol. The summed E-state index contributed by atoms with van der Waals surface area (Å²) in [6.07, 6.45) is 0.128. The van der Waals surface area contributed by atoms with E-state index < -0.39 is 11.6 Å². The number of thioether (sulfide) groups is 1. The zero-order valence-corrected chi connectivity index (χ0v) is 20.7. The van der Waals surface area contributed by atoms with Gasteiger partial charge in [0.2, 0.25) is 6.10 Å². The highest BCUT2D eigenvalue weighted by Gasteiger charge is 2.65. The van der Waals surface area contributed by atoms with E-state index in [0.717, 1.165) is 27.0 Å². The molecular formula is C29H22BrNO2S. The van der Waals surface area contributed by atoms with Crippen molar-refractivity contribution in [2.75, 3.05) is 4.90 Å². The quantitative estimate of drug-likeness (QED) is 0.259. The van der Waals surface area contributed by atoms with Crippen molar-refractivity contribution in [1.29, 1.82) is 0 Å². The maximum Gasteiger partial charge on any atom is 0.271 e. The summed E-state index contributed by atoms with van der Waals surface area (Å²) in [6, 6.07) is 36.8. The highest BCUT2D eigenvalue weighted by Crippen LogP contribution is 2.59. The number of benzene rings is 4. The second-order valence-corrected chi connectivity index (χ2v) is 10.8. The molecule has 6 rings (SSSR count). The summed E-state index contributed by atoms with van der Waals surface area (Å²) in [5.74, 6) is 0.707. The molecule has 2 aliphatic rings. The first kappa shape index (κ1) is 21.5. The smallest absolute Gasteiger partial charge is 0.271 e. The number of nitrogens with zero attached hydrogens (tertiary/aromatic N) is 1. The molecule has 3 nitrogen and oxygen atoms in total. The van der Waals surface area contributed by atoms with Crippen LogP contribution in [0.2, 0.25) is 0 Å². The second-order valence-electron chi connectivity index (χ2n) is 8.60. The number of anilines is 1. The Kier molecular flexibility index (Phi) is 5.47. The van der Waals surface area contributed by atoms with Crippen molar-refractivity contribution in [3.8, 4) is 5.75 Å². The number of fused-ring (bicyclic) bond motifs is 3.